The molecule has 5 rings (SSSR count). The molecule has 4 saturated carbocycles. The summed E-state index contributed by atoms with van der Waals surface area (Å²) in [6.45, 7) is 7.23. The first-order valence-corrected chi connectivity index (χ1v) is 15.7. The molecule has 0 aliphatic heterocycles. The zero-order valence-corrected chi connectivity index (χ0v) is 23.5. The minimum absolute atomic E-state index is 0.171. The van der Waals surface area contributed by atoms with Crippen LogP contribution in [0.5, 0.6) is 0 Å². The molecule has 1 N–H and O–H groups in total. The third-order valence-electron chi connectivity index (χ3n) is 11.4. The summed E-state index contributed by atoms with van der Waals surface area (Å²) in [7, 11) is 0. The predicted molar refractivity (Wildman–Crippen MR) is 151 cm³/mol. The minimum atomic E-state index is -0.633. The Morgan fingerprint density at radius 2 is 1.03 bits per heavy atom. The van der Waals surface area contributed by atoms with Crippen LogP contribution in [0.25, 0.3) is 0 Å². The summed E-state index contributed by atoms with van der Waals surface area (Å²) >= 11 is 0. The van der Waals surface area contributed by atoms with Gasteiger partial charge in [0.15, 0.2) is 0 Å². The van der Waals surface area contributed by atoms with Gasteiger partial charge >= 0.3 is 0 Å². The summed E-state index contributed by atoms with van der Waals surface area (Å²) in [5.41, 5.74) is 1.75. The SMILES string of the molecule is CC1CCC(C2CCC(C)(C#Cc3ccc(C4(O)CCC(C5CCC(C)CC5)CC4)cc3)CC2)CC1. The molecule has 4 aliphatic carbocycles. The molecule has 0 bridgehead atoms. The molecular formula is C35H52O. The molecule has 0 radical (unpaired) electrons. The molecule has 0 heterocycles. The Labute approximate surface area is 222 Å². The molecular weight excluding hydrogens is 436 g/mol. The molecule has 0 amide bonds. The van der Waals surface area contributed by atoms with Crippen LogP contribution in [0.2, 0.25) is 0 Å². The first-order valence-electron chi connectivity index (χ1n) is 15.7. The van der Waals surface area contributed by atoms with Gasteiger partial charge in [-0.2, -0.15) is 0 Å². The second-order valence-electron chi connectivity index (χ2n) is 14.1. The largest absolute Gasteiger partial charge is 0.385 e. The van der Waals surface area contributed by atoms with E-state index in [1.165, 1.54) is 89.9 Å². The van der Waals surface area contributed by atoms with Crippen molar-refractivity contribution < 1.29 is 5.11 Å². The lowest BCUT2D eigenvalue weighted by molar-refractivity contribution is -0.0257. The van der Waals surface area contributed by atoms with Crippen molar-refractivity contribution >= 4 is 0 Å². The van der Waals surface area contributed by atoms with Crippen molar-refractivity contribution in [1.29, 1.82) is 0 Å². The average molecular weight is 489 g/mol. The number of rotatable bonds is 3. The van der Waals surface area contributed by atoms with E-state index in [-0.39, 0.29) is 5.41 Å². The summed E-state index contributed by atoms with van der Waals surface area (Å²) in [4.78, 5) is 0. The average Bonchev–Trinajstić information content (AvgIpc) is 2.90. The van der Waals surface area contributed by atoms with Crippen LogP contribution >= 0.6 is 0 Å². The van der Waals surface area contributed by atoms with Crippen molar-refractivity contribution in [3.63, 3.8) is 0 Å². The second kappa shape index (κ2) is 11.2. The zero-order valence-electron chi connectivity index (χ0n) is 23.5. The Bertz CT molecular complexity index is 884. The molecule has 36 heavy (non-hydrogen) atoms. The quantitative estimate of drug-likeness (QED) is 0.420. The van der Waals surface area contributed by atoms with Gasteiger partial charge < -0.3 is 5.11 Å². The molecule has 1 nitrogen and oxygen atoms in total. The van der Waals surface area contributed by atoms with E-state index >= 15 is 0 Å². The van der Waals surface area contributed by atoms with Crippen LogP contribution in [0.15, 0.2) is 24.3 Å². The van der Waals surface area contributed by atoms with Crippen molar-refractivity contribution in [2.24, 2.45) is 40.9 Å². The van der Waals surface area contributed by atoms with E-state index in [1.54, 1.807) is 0 Å². The third-order valence-corrected chi connectivity index (χ3v) is 11.4. The Morgan fingerprint density at radius 1 is 0.611 bits per heavy atom. The summed E-state index contributed by atoms with van der Waals surface area (Å²) in [6.07, 6.45) is 21.0. The van der Waals surface area contributed by atoms with Crippen LogP contribution in [0.1, 0.15) is 135 Å². The van der Waals surface area contributed by atoms with Crippen LogP contribution in [0, 0.1) is 52.8 Å². The van der Waals surface area contributed by atoms with Gasteiger partial charge in [-0.1, -0.05) is 63.5 Å². The van der Waals surface area contributed by atoms with Gasteiger partial charge in [-0.15, -0.1) is 0 Å². The Morgan fingerprint density at radius 3 is 1.50 bits per heavy atom. The molecule has 1 aromatic rings. The highest BCUT2D eigenvalue weighted by atomic mass is 16.3. The summed E-state index contributed by atoms with van der Waals surface area (Å²) in [5, 5.41) is 11.5. The van der Waals surface area contributed by atoms with E-state index in [9.17, 15) is 5.11 Å². The lowest BCUT2D eigenvalue weighted by Gasteiger charge is -2.41. The molecule has 198 valence electrons. The van der Waals surface area contributed by atoms with Gasteiger partial charge in [0.25, 0.3) is 0 Å². The van der Waals surface area contributed by atoms with Crippen molar-refractivity contribution in [1.82, 2.24) is 0 Å². The highest BCUT2D eigenvalue weighted by Gasteiger charge is 2.38. The fraction of sp³-hybridized carbons (Fsp3) is 0.771. The van der Waals surface area contributed by atoms with Gasteiger partial charge in [-0.05, 0) is 137 Å². The summed E-state index contributed by atoms with van der Waals surface area (Å²) in [5.74, 6) is 12.8. The van der Waals surface area contributed by atoms with E-state index < -0.39 is 5.60 Å². The predicted octanol–water partition coefficient (Wildman–Crippen LogP) is 9.27. The molecule has 0 aromatic heterocycles. The second-order valence-corrected chi connectivity index (χ2v) is 14.1. The first kappa shape index (κ1) is 26.4. The number of hydrogen-bond acceptors (Lipinski definition) is 1. The Balaban J connectivity index is 1.13. The van der Waals surface area contributed by atoms with Crippen LogP contribution in [0.4, 0.5) is 0 Å². The van der Waals surface area contributed by atoms with E-state index in [2.05, 4.69) is 56.9 Å². The van der Waals surface area contributed by atoms with Gasteiger partial charge in [0.05, 0.1) is 5.60 Å². The smallest absolute Gasteiger partial charge is 0.0896 e. The molecule has 1 heteroatoms. The van der Waals surface area contributed by atoms with Gasteiger partial charge in [0.1, 0.15) is 0 Å². The molecule has 0 atom stereocenters. The maximum Gasteiger partial charge on any atom is 0.0896 e. The standard InChI is InChI=1S/C35H52O/c1-26-4-10-29(11-5-26)31-17-22-34(3,23-18-31)21-16-28-8-14-33(15-9-28)35(36)24-19-32(20-25-35)30-12-6-27(2)7-13-30/h8-9,14-15,26-27,29-32,36H,4-7,10-13,17-20,22-25H2,1-3H3. The highest BCUT2D eigenvalue weighted by molar-refractivity contribution is 5.39. The van der Waals surface area contributed by atoms with Crippen LogP contribution < -0.4 is 0 Å². The minimum Gasteiger partial charge on any atom is -0.385 e. The Hall–Kier alpha value is -1.26. The van der Waals surface area contributed by atoms with E-state index in [1.807, 2.05) is 0 Å². The number of hydrogen-bond donors (Lipinski definition) is 1. The fourth-order valence-corrected chi connectivity index (χ4v) is 8.35. The van der Waals surface area contributed by atoms with Crippen LogP contribution in [-0.2, 0) is 5.60 Å². The lowest BCUT2D eigenvalue weighted by atomic mass is 9.65. The molecule has 4 aliphatic rings. The number of benzene rings is 1. The number of aliphatic hydroxyl groups is 1. The van der Waals surface area contributed by atoms with Crippen LogP contribution in [0.3, 0.4) is 0 Å². The van der Waals surface area contributed by atoms with Gasteiger partial charge in [-0.3, -0.25) is 0 Å². The third kappa shape index (κ3) is 6.23. The maximum absolute atomic E-state index is 11.5. The van der Waals surface area contributed by atoms with E-state index in [0.29, 0.717) is 0 Å². The van der Waals surface area contributed by atoms with Crippen molar-refractivity contribution in [2.45, 2.75) is 129 Å². The van der Waals surface area contributed by atoms with Gasteiger partial charge in [0, 0.05) is 11.0 Å². The zero-order chi connectivity index (χ0) is 25.2. The van der Waals surface area contributed by atoms with E-state index in [4.69, 9.17) is 0 Å². The molecule has 4 fully saturated rings. The maximum atomic E-state index is 11.5. The van der Waals surface area contributed by atoms with Crippen molar-refractivity contribution in [3.8, 4) is 11.8 Å². The monoisotopic (exact) mass is 488 g/mol. The van der Waals surface area contributed by atoms with Crippen molar-refractivity contribution in [2.75, 3.05) is 0 Å². The first-order chi connectivity index (χ1) is 17.3. The van der Waals surface area contributed by atoms with Crippen LogP contribution in [-0.4, -0.2) is 5.11 Å². The molecule has 0 spiro atoms. The lowest BCUT2D eigenvalue weighted by Crippen LogP contribution is -2.34. The Kier molecular flexibility index (Phi) is 8.22. The fourth-order valence-electron chi connectivity index (χ4n) is 8.35. The molecule has 1 aromatic carbocycles. The van der Waals surface area contributed by atoms with Crippen molar-refractivity contribution in [3.05, 3.63) is 35.4 Å². The summed E-state index contributed by atoms with van der Waals surface area (Å²) in [6, 6.07) is 8.64. The van der Waals surface area contributed by atoms with E-state index in [0.717, 1.165) is 59.5 Å². The van der Waals surface area contributed by atoms with Gasteiger partial charge in [-0.25, -0.2) is 0 Å². The topological polar surface area (TPSA) is 20.2 Å². The van der Waals surface area contributed by atoms with Gasteiger partial charge in [0.2, 0.25) is 0 Å². The molecule has 0 unspecified atom stereocenters. The highest BCUT2D eigenvalue weighted by Crippen LogP contribution is 2.47. The summed E-state index contributed by atoms with van der Waals surface area (Å²) < 4.78 is 0. The molecule has 0 saturated heterocycles. The normalized spacial score (nSPS) is 41.8.